The second-order valence-electron chi connectivity index (χ2n) is 6.79. The Labute approximate surface area is 135 Å². The lowest BCUT2D eigenvalue weighted by atomic mass is 10.0. The van der Waals surface area contributed by atoms with Gasteiger partial charge in [0.1, 0.15) is 0 Å². The molecule has 2 rings (SSSR count). The smallest absolute Gasteiger partial charge is 0.241 e. The van der Waals surface area contributed by atoms with Gasteiger partial charge in [-0.05, 0) is 57.9 Å². The van der Waals surface area contributed by atoms with Crippen molar-refractivity contribution in [3.8, 4) is 0 Å². The highest BCUT2D eigenvalue weighted by molar-refractivity contribution is 7.85. The Bertz CT molecular complexity index is 546. The maximum absolute atomic E-state index is 12.2. The summed E-state index contributed by atoms with van der Waals surface area (Å²) in [5.41, 5.74) is 1.77. The van der Waals surface area contributed by atoms with Crippen LogP contribution in [0.3, 0.4) is 0 Å². The standard InChI is InChI=1S/C17H26N2O2S/c1-17(2,3)22(21)12-13-7-6-8-14(11-13)19-16(20)15-9-4-5-10-18-15/h6-8,11,15,18H,4-5,9-10,12H2,1-3H3,(H,19,20). The van der Waals surface area contributed by atoms with Crippen LogP contribution in [-0.4, -0.2) is 27.4 Å². The van der Waals surface area contributed by atoms with E-state index < -0.39 is 10.8 Å². The molecule has 0 aliphatic carbocycles. The average molecular weight is 322 g/mol. The van der Waals surface area contributed by atoms with E-state index in [1.807, 2.05) is 45.0 Å². The van der Waals surface area contributed by atoms with Crippen molar-refractivity contribution in [2.45, 2.75) is 56.6 Å². The Hall–Kier alpha value is -1.20. The van der Waals surface area contributed by atoms with E-state index >= 15 is 0 Å². The molecule has 1 aromatic rings. The second-order valence-corrected chi connectivity index (χ2v) is 9.00. The molecule has 22 heavy (non-hydrogen) atoms. The largest absolute Gasteiger partial charge is 0.325 e. The molecule has 5 heteroatoms. The molecule has 1 aromatic carbocycles. The molecule has 0 saturated carbocycles. The Kier molecular flexibility index (Phi) is 5.75. The number of nitrogens with one attached hydrogen (secondary N) is 2. The molecule has 0 aromatic heterocycles. The van der Waals surface area contributed by atoms with Crippen LogP contribution in [0, 0.1) is 0 Å². The van der Waals surface area contributed by atoms with Gasteiger partial charge in [-0.2, -0.15) is 0 Å². The van der Waals surface area contributed by atoms with Gasteiger partial charge in [0.2, 0.25) is 5.91 Å². The van der Waals surface area contributed by atoms with E-state index in [9.17, 15) is 9.00 Å². The van der Waals surface area contributed by atoms with Crippen molar-refractivity contribution in [1.29, 1.82) is 0 Å². The molecule has 2 N–H and O–H groups in total. The molecule has 1 aliphatic rings. The number of piperidine rings is 1. The molecule has 0 radical (unpaired) electrons. The van der Waals surface area contributed by atoms with E-state index in [0.717, 1.165) is 37.1 Å². The van der Waals surface area contributed by atoms with Gasteiger partial charge in [0, 0.05) is 27.0 Å². The first-order valence-electron chi connectivity index (χ1n) is 7.88. The number of anilines is 1. The first-order valence-corrected chi connectivity index (χ1v) is 9.20. The van der Waals surface area contributed by atoms with E-state index in [-0.39, 0.29) is 16.7 Å². The number of hydrogen-bond acceptors (Lipinski definition) is 3. The highest BCUT2D eigenvalue weighted by Gasteiger charge is 2.21. The first-order chi connectivity index (χ1) is 10.4. The number of benzene rings is 1. The zero-order valence-corrected chi connectivity index (χ0v) is 14.5. The lowest BCUT2D eigenvalue weighted by Crippen LogP contribution is -2.43. The second kappa shape index (κ2) is 7.38. The van der Waals surface area contributed by atoms with Gasteiger partial charge in [-0.1, -0.05) is 18.6 Å². The number of carbonyl (C=O) groups excluding carboxylic acids is 1. The molecule has 122 valence electrons. The van der Waals surface area contributed by atoms with Gasteiger partial charge >= 0.3 is 0 Å². The monoisotopic (exact) mass is 322 g/mol. The molecule has 1 amide bonds. The Morgan fingerprint density at radius 3 is 2.77 bits per heavy atom. The Morgan fingerprint density at radius 2 is 2.14 bits per heavy atom. The van der Waals surface area contributed by atoms with Crippen molar-refractivity contribution >= 4 is 22.4 Å². The quantitative estimate of drug-likeness (QED) is 0.896. The summed E-state index contributed by atoms with van der Waals surface area (Å²) in [6, 6.07) is 7.56. The van der Waals surface area contributed by atoms with Gasteiger partial charge in [-0.15, -0.1) is 0 Å². The van der Waals surface area contributed by atoms with Crippen LogP contribution in [0.4, 0.5) is 5.69 Å². The molecule has 1 saturated heterocycles. The minimum absolute atomic E-state index is 0.0220. The van der Waals surface area contributed by atoms with Gasteiger partial charge in [0.15, 0.2) is 0 Å². The normalized spacial score (nSPS) is 20.4. The number of hydrogen-bond donors (Lipinski definition) is 2. The van der Waals surface area contributed by atoms with Crippen molar-refractivity contribution < 1.29 is 9.00 Å². The molecule has 2 unspecified atom stereocenters. The van der Waals surface area contributed by atoms with Crippen LogP contribution in [0.15, 0.2) is 24.3 Å². The van der Waals surface area contributed by atoms with E-state index in [1.165, 1.54) is 0 Å². The molecule has 1 fully saturated rings. The first kappa shape index (κ1) is 17.2. The summed E-state index contributed by atoms with van der Waals surface area (Å²) in [6.45, 7) is 6.83. The molecule has 2 atom stereocenters. The summed E-state index contributed by atoms with van der Waals surface area (Å²) < 4.78 is 12.0. The van der Waals surface area contributed by atoms with Gasteiger partial charge in [0.25, 0.3) is 0 Å². The number of amides is 1. The third kappa shape index (κ3) is 4.92. The van der Waals surface area contributed by atoms with Crippen molar-refractivity contribution in [3.05, 3.63) is 29.8 Å². The van der Waals surface area contributed by atoms with E-state index in [1.54, 1.807) is 0 Å². The van der Waals surface area contributed by atoms with Crippen molar-refractivity contribution in [3.63, 3.8) is 0 Å². The van der Waals surface area contributed by atoms with Crippen molar-refractivity contribution in [2.75, 3.05) is 11.9 Å². The minimum atomic E-state index is -0.939. The van der Waals surface area contributed by atoms with Crippen molar-refractivity contribution in [1.82, 2.24) is 5.32 Å². The van der Waals surface area contributed by atoms with Crippen molar-refractivity contribution in [2.24, 2.45) is 0 Å². The molecular formula is C17H26N2O2S. The third-order valence-corrected chi connectivity index (χ3v) is 5.76. The van der Waals surface area contributed by atoms with Crippen LogP contribution in [0.25, 0.3) is 0 Å². The molecule has 0 bridgehead atoms. The third-order valence-electron chi connectivity index (χ3n) is 3.80. The van der Waals surface area contributed by atoms with E-state index in [0.29, 0.717) is 5.75 Å². The molecule has 1 heterocycles. The summed E-state index contributed by atoms with van der Waals surface area (Å²) in [5, 5.41) is 6.21. The zero-order chi connectivity index (χ0) is 16.2. The molecular weight excluding hydrogens is 296 g/mol. The molecule has 4 nitrogen and oxygen atoms in total. The molecule has 1 aliphatic heterocycles. The zero-order valence-electron chi connectivity index (χ0n) is 13.6. The summed E-state index contributed by atoms with van der Waals surface area (Å²) in [5.74, 6) is 0.531. The van der Waals surface area contributed by atoms with Crippen LogP contribution < -0.4 is 10.6 Å². The number of carbonyl (C=O) groups is 1. The average Bonchev–Trinajstić information content (AvgIpc) is 2.47. The lowest BCUT2D eigenvalue weighted by molar-refractivity contribution is -0.118. The van der Waals surface area contributed by atoms with Gasteiger partial charge in [-0.3, -0.25) is 9.00 Å². The Morgan fingerprint density at radius 1 is 1.36 bits per heavy atom. The minimum Gasteiger partial charge on any atom is -0.325 e. The fraction of sp³-hybridized carbons (Fsp3) is 0.588. The van der Waals surface area contributed by atoms with Gasteiger partial charge in [-0.25, -0.2) is 0 Å². The maximum Gasteiger partial charge on any atom is 0.241 e. The van der Waals surface area contributed by atoms with Gasteiger partial charge < -0.3 is 10.6 Å². The maximum atomic E-state index is 12.2. The molecule has 0 spiro atoms. The lowest BCUT2D eigenvalue weighted by Gasteiger charge is -2.22. The highest BCUT2D eigenvalue weighted by atomic mass is 32.2. The fourth-order valence-electron chi connectivity index (χ4n) is 2.41. The SMILES string of the molecule is CC(C)(C)S(=O)Cc1cccc(NC(=O)C2CCCCN2)c1. The summed E-state index contributed by atoms with van der Waals surface area (Å²) in [6.07, 6.45) is 3.12. The van der Waals surface area contributed by atoms with E-state index in [4.69, 9.17) is 0 Å². The topological polar surface area (TPSA) is 58.2 Å². The predicted octanol–water partition coefficient (Wildman–Crippen LogP) is 2.81. The van der Waals surface area contributed by atoms with Crippen LogP contribution in [0.2, 0.25) is 0 Å². The van der Waals surface area contributed by atoms with E-state index in [2.05, 4.69) is 10.6 Å². The number of rotatable bonds is 4. The highest BCUT2D eigenvalue weighted by Crippen LogP contribution is 2.19. The summed E-state index contributed by atoms with van der Waals surface area (Å²) in [4.78, 5) is 12.2. The summed E-state index contributed by atoms with van der Waals surface area (Å²) in [7, 11) is -0.939. The summed E-state index contributed by atoms with van der Waals surface area (Å²) >= 11 is 0. The van der Waals surface area contributed by atoms with Crippen LogP contribution in [0.1, 0.15) is 45.6 Å². The van der Waals surface area contributed by atoms with Crippen LogP contribution >= 0.6 is 0 Å². The van der Waals surface area contributed by atoms with Crippen LogP contribution in [0.5, 0.6) is 0 Å². The van der Waals surface area contributed by atoms with Crippen LogP contribution in [-0.2, 0) is 21.3 Å². The Balaban J connectivity index is 1.99. The fourth-order valence-corrected chi connectivity index (χ4v) is 3.33. The predicted molar refractivity (Wildman–Crippen MR) is 92.3 cm³/mol. The van der Waals surface area contributed by atoms with Gasteiger partial charge in [0.05, 0.1) is 6.04 Å².